The van der Waals surface area contributed by atoms with Gasteiger partial charge in [0.15, 0.2) is 0 Å². The minimum absolute atomic E-state index is 0.465. The van der Waals surface area contributed by atoms with E-state index in [2.05, 4.69) is 0 Å². The van der Waals surface area contributed by atoms with E-state index in [-0.39, 0.29) is 0 Å². The van der Waals surface area contributed by atoms with Crippen LogP contribution in [0.5, 0.6) is 0 Å². The summed E-state index contributed by atoms with van der Waals surface area (Å²) in [6, 6.07) is 0. The molecule has 0 amide bonds. The fourth-order valence-corrected chi connectivity index (χ4v) is 0.941. The predicted molar refractivity (Wildman–Crippen MR) is 39.5 cm³/mol. The molecule has 0 aromatic heterocycles. The van der Waals surface area contributed by atoms with Crippen LogP contribution >= 0.6 is 7.94 Å². The van der Waals surface area contributed by atoms with Crippen molar-refractivity contribution in [1.82, 2.24) is 0 Å². The average molecular weight is 154 g/mol. The molecule has 9 heavy (non-hydrogen) atoms. The summed E-state index contributed by atoms with van der Waals surface area (Å²) < 4.78 is 4.72. The molecule has 0 bridgehead atoms. The summed E-state index contributed by atoms with van der Waals surface area (Å²) in [5, 5.41) is 0. The van der Waals surface area contributed by atoms with Crippen LogP contribution in [-0.4, -0.2) is 23.1 Å². The average Bonchev–Trinajstić information content (AvgIpc) is 1.63. The van der Waals surface area contributed by atoms with Crippen molar-refractivity contribution < 1.29 is 14.3 Å². The number of hydrogen-bond donors (Lipinski definition) is 2. The molecule has 0 spiro atoms. The van der Waals surface area contributed by atoms with E-state index in [0.29, 0.717) is 6.61 Å². The molecule has 0 saturated heterocycles. The molecule has 2 N–H and O–H groups in total. The monoisotopic (exact) mass is 154 g/mol. The second kappa shape index (κ2) is 4.18. The number of unbranched alkanes of at least 4 members (excludes halogenated alkanes) is 1. The first-order valence-electron chi connectivity index (χ1n) is 3.15. The zero-order chi connectivity index (χ0) is 7.33. The minimum atomic E-state index is -3.19. The molecule has 0 fully saturated rings. The van der Waals surface area contributed by atoms with Gasteiger partial charge in [-0.15, -0.1) is 0 Å². The van der Waals surface area contributed by atoms with E-state index >= 15 is 0 Å². The number of rotatable bonds is 4. The van der Waals surface area contributed by atoms with Crippen LogP contribution in [0, 0.1) is 0 Å². The normalized spacial score (nSPS) is 13.8. The quantitative estimate of drug-likeness (QED) is 0.467. The molecule has 3 nitrogen and oxygen atoms in total. The van der Waals surface area contributed by atoms with Gasteiger partial charge in [-0.1, -0.05) is 0 Å². The molecule has 0 aromatic rings. The molecule has 0 atom stereocenters. The third kappa shape index (κ3) is 8.31. The molecule has 0 heterocycles. The van der Waals surface area contributed by atoms with Crippen LogP contribution in [0.3, 0.4) is 0 Å². The summed E-state index contributed by atoms with van der Waals surface area (Å²) in [5.41, 5.74) is 0. The number of hydrogen-bond acceptors (Lipinski definition) is 3. The summed E-state index contributed by atoms with van der Waals surface area (Å²) >= 11 is 0. The van der Waals surface area contributed by atoms with E-state index in [1.807, 2.05) is 6.92 Å². The van der Waals surface area contributed by atoms with E-state index < -0.39 is 7.94 Å². The van der Waals surface area contributed by atoms with Crippen molar-refractivity contribution in [3.8, 4) is 0 Å². The maximum atomic E-state index is 8.72. The predicted octanol–water partition coefficient (Wildman–Crippen LogP) is 0.912. The fraction of sp³-hybridized carbons (Fsp3) is 1.00. The SMILES string of the molecule is CCCCO[PH](C)(O)O. The third-order valence-electron chi connectivity index (χ3n) is 0.873. The summed E-state index contributed by atoms with van der Waals surface area (Å²) in [5.74, 6) is 0. The van der Waals surface area contributed by atoms with Crippen LogP contribution in [0.2, 0.25) is 0 Å². The first-order chi connectivity index (χ1) is 4.06. The summed E-state index contributed by atoms with van der Waals surface area (Å²) in [4.78, 5) is 17.4. The Labute approximate surface area is 56.2 Å². The molecule has 4 heteroatoms. The summed E-state index contributed by atoms with van der Waals surface area (Å²) in [7, 11) is -3.19. The van der Waals surface area contributed by atoms with Crippen LogP contribution in [0.15, 0.2) is 0 Å². The third-order valence-corrected chi connectivity index (χ3v) is 1.62. The van der Waals surface area contributed by atoms with Crippen LogP contribution in [-0.2, 0) is 4.52 Å². The molecule has 0 aliphatic heterocycles. The molecule has 0 aliphatic rings. The van der Waals surface area contributed by atoms with Crippen molar-refractivity contribution in [2.75, 3.05) is 13.3 Å². The zero-order valence-electron chi connectivity index (χ0n) is 5.92. The van der Waals surface area contributed by atoms with E-state index in [1.165, 1.54) is 6.66 Å². The van der Waals surface area contributed by atoms with E-state index in [9.17, 15) is 0 Å². The van der Waals surface area contributed by atoms with Gasteiger partial charge in [-0.2, -0.15) is 0 Å². The Hall–Kier alpha value is 0.310. The zero-order valence-corrected chi connectivity index (χ0v) is 6.92. The summed E-state index contributed by atoms with van der Waals surface area (Å²) in [6.07, 6.45) is 1.91. The molecule has 58 valence electrons. The van der Waals surface area contributed by atoms with Crippen molar-refractivity contribution in [3.63, 3.8) is 0 Å². The van der Waals surface area contributed by atoms with Gasteiger partial charge in [0.05, 0.1) is 0 Å². The topological polar surface area (TPSA) is 49.7 Å². The summed E-state index contributed by atoms with van der Waals surface area (Å²) in [6.45, 7) is 3.83. The Morgan fingerprint density at radius 1 is 1.44 bits per heavy atom. The van der Waals surface area contributed by atoms with Gasteiger partial charge in [0.25, 0.3) is 0 Å². The Bertz CT molecular complexity index is 69.1. The molecule has 0 radical (unpaired) electrons. The molecular formula is C5H15O3P. The standard InChI is InChI=1S/C5H15O3P/c1-3-4-5-8-9(2,6)7/h6-7,9H,3-5H2,1-2H3. The Morgan fingerprint density at radius 2 is 2.00 bits per heavy atom. The first-order valence-corrected chi connectivity index (χ1v) is 5.45. The van der Waals surface area contributed by atoms with Gasteiger partial charge >= 0.3 is 55.3 Å². The van der Waals surface area contributed by atoms with Gasteiger partial charge in [-0.3, -0.25) is 0 Å². The van der Waals surface area contributed by atoms with Crippen molar-refractivity contribution in [3.05, 3.63) is 0 Å². The fourth-order valence-electron chi connectivity index (χ4n) is 0.410. The Morgan fingerprint density at radius 3 is 2.33 bits per heavy atom. The molecule has 0 saturated carbocycles. The molecular weight excluding hydrogens is 139 g/mol. The van der Waals surface area contributed by atoms with Gasteiger partial charge in [0.2, 0.25) is 0 Å². The molecule has 0 rings (SSSR count). The van der Waals surface area contributed by atoms with Gasteiger partial charge in [-0.05, 0) is 0 Å². The van der Waals surface area contributed by atoms with Gasteiger partial charge in [-0.25, -0.2) is 0 Å². The van der Waals surface area contributed by atoms with E-state index in [4.69, 9.17) is 14.3 Å². The Kier molecular flexibility index (Phi) is 4.32. The van der Waals surface area contributed by atoms with Gasteiger partial charge in [0.1, 0.15) is 0 Å². The van der Waals surface area contributed by atoms with Crippen molar-refractivity contribution in [2.45, 2.75) is 19.8 Å². The van der Waals surface area contributed by atoms with Crippen molar-refractivity contribution >= 4 is 7.94 Å². The van der Waals surface area contributed by atoms with Gasteiger partial charge in [0, 0.05) is 0 Å². The van der Waals surface area contributed by atoms with E-state index in [1.54, 1.807) is 0 Å². The second-order valence-corrected chi connectivity index (χ2v) is 4.29. The first kappa shape index (κ1) is 9.31. The van der Waals surface area contributed by atoms with Crippen molar-refractivity contribution in [2.24, 2.45) is 0 Å². The molecule has 0 aromatic carbocycles. The van der Waals surface area contributed by atoms with Crippen LogP contribution in [0.4, 0.5) is 0 Å². The van der Waals surface area contributed by atoms with Gasteiger partial charge < -0.3 is 0 Å². The molecule has 0 unspecified atom stereocenters. The van der Waals surface area contributed by atoms with Crippen LogP contribution in [0.1, 0.15) is 19.8 Å². The van der Waals surface area contributed by atoms with Crippen LogP contribution < -0.4 is 0 Å². The molecule has 0 aliphatic carbocycles. The second-order valence-electron chi connectivity index (χ2n) is 2.14. The van der Waals surface area contributed by atoms with Crippen molar-refractivity contribution in [1.29, 1.82) is 0 Å². The van der Waals surface area contributed by atoms with Crippen LogP contribution in [0.25, 0.3) is 0 Å². The maximum absolute atomic E-state index is 8.72. The Balaban J connectivity index is 3.07. The van der Waals surface area contributed by atoms with E-state index in [0.717, 1.165) is 12.8 Å².